The first kappa shape index (κ1) is 13.3. The predicted octanol–water partition coefficient (Wildman–Crippen LogP) is 3.62. The Bertz CT molecular complexity index is 366. The first-order valence-corrected chi connectivity index (χ1v) is 7.15. The maximum atomic E-state index is 5.91. The Kier molecular flexibility index (Phi) is 5.29. The van der Waals surface area contributed by atoms with E-state index in [0.717, 1.165) is 35.8 Å². The molecule has 1 atom stereocenters. The van der Waals surface area contributed by atoms with Crippen molar-refractivity contribution in [2.24, 2.45) is 5.92 Å². The monoisotopic (exact) mass is 317 g/mol. The van der Waals surface area contributed by atoms with Gasteiger partial charge in [0.05, 0.1) is 6.61 Å². The van der Waals surface area contributed by atoms with E-state index in [1.54, 1.807) is 0 Å². The summed E-state index contributed by atoms with van der Waals surface area (Å²) in [6.07, 6.45) is 2.46. The molecule has 0 spiro atoms. The van der Waals surface area contributed by atoms with Gasteiger partial charge in [0, 0.05) is 29.2 Å². The summed E-state index contributed by atoms with van der Waals surface area (Å²) in [6.45, 7) is 3.72. The van der Waals surface area contributed by atoms with Gasteiger partial charge in [-0.15, -0.1) is 0 Å². The number of rotatable bonds is 4. The van der Waals surface area contributed by atoms with Crippen LogP contribution in [0, 0.1) is 5.92 Å². The zero-order chi connectivity index (χ0) is 12.1. The van der Waals surface area contributed by atoms with E-state index < -0.39 is 0 Å². The van der Waals surface area contributed by atoms with Gasteiger partial charge in [-0.25, -0.2) is 0 Å². The Hall–Kier alpha value is -0.0900. The Balaban J connectivity index is 1.77. The largest absolute Gasteiger partial charge is 0.381 e. The second-order valence-electron chi connectivity index (χ2n) is 4.45. The molecule has 1 aliphatic heterocycles. The standard InChI is InChI=1S/C13H17BrClNO/c14-13-6-12(15)4-3-11(13)8-16-7-10-2-1-5-17-9-10/h3-4,6,10,16H,1-2,5,7-9H2. The molecular weight excluding hydrogens is 302 g/mol. The van der Waals surface area contributed by atoms with E-state index in [1.807, 2.05) is 12.1 Å². The molecule has 1 aliphatic rings. The highest BCUT2D eigenvalue weighted by Crippen LogP contribution is 2.21. The van der Waals surface area contributed by atoms with Gasteiger partial charge in [0.1, 0.15) is 0 Å². The number of nitrogens with one attached hydrogen (secondary N) is 1. The molecule has 1 aromatic rings. The minimum absolute atomic E-state index is 0.662. The van der Waals surface area contributed by atoms with Crippen LogP contribution in [0.5, 0.6) is 0 Å². The van der Waals surface area contributed by atoms with Gasteiger partial charge in [0.2, 0.25) is 0 Å². The smallest absolute Gasteiger partial charge is 0.0506 e. The molecule has 0 bridgehead atoms. The van der Waals surface area contributed by atoms with Crippen LogP contribution in [0.15, 0.2) is 22.7 Å². The summed E-state index contributed by atoms with van der Waals surface area (Å²) in [5.74, 6) is 0.662. The summed E-state index contributed by atoms with van der Waals surface area (Å²) >= 11 is 9.43. The maximum absolute atomic E-state index is 5.91. The quantitative estimate of drug-likeness (QED) is 0.915. The minimum Gasteiger partial charge on any atom is -0.381 e. The van der Waals surface area contributed by atoms with Crippen LogP contribution in [0.2, 0.25) is 5.02 Å². The first-order chi connectivity index (χ1) is 8.25. The number of ether oxygens (including phenoxy) is 1. The van der Waals surface area contributed by atoms with Crippen molar-refractivity contribution in [3.63, 3.8) is 0 Å². The van der Waals surface area contributed by atoms with E-state index in [-0.39, 0.29) is 0 Å². The average Bonchev–Trinajstić information content (AvgIpc) is 2.33. The Morgan fingerprint density at radius 2 is 2.35 bits per heavy atom. The minimum atomic E-state index is 0.662. The van der Waals surface area contributed by atoms with Crippen molar-refractivity contribution in [2.45, 2.75) is 19.4 Å². The highest BCUT2D eigenvalue weighted by atomic mass is 79.9. The Morgan fingerprint density at radius 3 is 3.06 bits per heavy atom. The van der Waals surface area contributed by atoms with E-state index >= 15 is 0 Å². The third-order valence-corrected chi connectivity index (χ3v) is 3.99. The summed E-state index contributed by atoms with van der Waals surface area (Å²) < 4.78 is 6.52. The van der Waals surface area contributed by atoms with Crippen LogP contribution in [0.3, 0.4) is 0 Å². The lowest BCUT2D eigenvalue weighted by atomic mass is 10.0. The highest BCUT2D eigenvalue weighted by molar-refractivity contribution is 9.10. The molecule has 4 heteroatoms. The van der Waals surface area contributed by atoms with Crippen LogP contribution in [0.1, 0.15) is 18.4 Å². The third-order valence-electron chi connectivity index (χ3n) is 3.02. The lowest BCUT2D eigenvalue weighted by Gasteiger charge is -2.22. The van der Waals surface area contributed by atoms with Gasteiger partial charge < -0.3 is 10.1 Å². The van der Waals surface area contributed by atoms with Crippen molar-refractivity contribution in [3.05, 3.63) is 33.3 Å². The fraction of sp³-hybridized carbons (Fsp3) is 0.538. The molecular formula is C13H17BrClNO. The zero-order valence-electron chi connectivity index (χ0n) is 9.72. The summed E-state index contributed by atoms with van der Waals surface area (Å²) in [5, 5.41) is 4.24. The number of hydrogen-bond acceptors (Lipinski definition) is 2. The van der Waals surface area contributed by atoms with Crippen molar-refractivity contribution in [1.82, 2.24) is 5.32 Å². The van der Waals surface area contributed by atoms with Crippen LogP contribution in [0.4, 0.5) is 0 Å². The van der Waals surface area contributed by atoms with Crippen molar-refractivity contribution in [2.75, 3.05) is 19.8 Å². The van der Waals surface area contributed by atoms with E-state index in [1.165, 1.54) is 18.4 Å². The Morgan fingerprint density at radius 1 is 1.47 bits per heavy atom. The van der Waals surface area contributed by atoms with Crippen molar-refractivity contribution < 1.29 is 4.74 Å². The summed E-state index contributed by atoms with van der Waals surface area (Å²) in [6, 6.07) is 5.91. The number of benzene rings is 1. The van der Waals surface area contributed by atoms with Gasteiger partial charge in [-0.3, -0.25) is 0 Å². The second-order valence-corrected chi connectivity index (χ2v) is 5.74. The molecule has 1 aromatic carbocycles. The maximum Gasteiger partial charge on any atom is 0.0506 e. The number of hydrogen-bond donors (Lipinski definition) is 1. The molecule has 0 radical (unpaired) electrons. The van der Waals surface area contributed by atoms with Crippen LogP contribution >= 0.6 is 27.5 Å². The van der Waals surface area contributed by atoms with Gasteiger partial charge in [0.15, 0.2) is 0 Å². The summed E-state index contributed by atoms with van der Waals surface area (Å²) in [5.41, 5.74) is 1.24. The lowest BCUT2D eigenvalue weighted by molar-refractivity contribution is 0.0547. The molecule has 0 saturated carbocycles. The molecule has 2 nitrogen and oxygen atoms in total. The third kappa shape index (κ3) is 4.25. The zero-order valence-corrected chi connectivity index (χ0v) is 12.1. The van der Waals surface area contributed by atoms with E-state index in [4.69, 9.17) is 16.3 Å². The molecule has 1 N–H and O–H groups in total. The molecule has 0 aliphatic carbocycles. The van der Waals surface area contributed by atoms with E-state index in [2.05, 4.69) is 27.3 Å². The van der Waals surface area contributed by atoms with Crippen LogP contribution in [0.25, 0.3) is 0 Å². The molecule has 1 heterocycles. The highest BCUT2D eigenvalue weighted by Gasteiger charge is 2.13. The molecule has 1 fully saturated rings. The topological polar surface area (TPSA) is 21.3 Å². The predicted molar refractivity (Wildman–Crippen MR) is 74.4 cm³/mol. The van der Waals surface area contributed by atoms with Gasteiger partial charge in [-0.2, -0.15) is 0 Å². The fourth-order valence-electron chi connectivity index (χ4n) is 2.04. The molecule has 1 saturated heterocycles. The normalized spacial score (nSPS) is 20.5. The molecule has 94 valence electrons. The van der Waals surface area contributed by atoms with Gasteiger partial charge in [-0.1, -0.05) is 33.6 Å². The first-order valence-electron chi connectivity index (χ1n) is 5.98. The molecule has 1 unspecified atom stereocenters. The summed E-state index contributed by atoms with van der Waals surface area (Å²) in [7, 11) is 0. The SMILES string of the molecule is Clc1ccc(CNCC2CCCOC2)c(Br)c1. The summed E-state index contributed by atoms with van der Waals surface area (Å²) in [4.78, 5) is 0. The Labute approximate surface area is 116 Å². The second kappa shape index (κ2) is 6.74. The van der Waals surface area contributed by atoms with Crippen LogP contribution < -0.4 is 5.32 Å². The number of halogens is 2. The van der Waals surface area contributed by atoms with Crippen molar-refractivity contribution in [3.8, 4) is 0 Å². The average molecular weight is 319 g/mol. The van der Waals surface area contributed by atoms with Crippen molar-refractivity contribution >= 4 is 27.5 Å². The van der Waals surface area contributed by atoms with Crippen molar-refractivity contribution in [1.29, 1.82) is 0 Å². The van der Waals surface area contributed by atoms with E-state index in [0.29, 0.717) is 5.92 Å². The van der Waals surface area contributed by atoms with Gasteiger partial charge in [-0.05, 0) is 36.5 Å². The fourth-order valence-corrected chi connectivity index (χ4v) is 2.87. The van der Waals surface area contributed by atoms with Gasteiger partial charge in [0.25, 0.3) is 0 Å². The molecule has 2 rings (SSSR count). The van der Waals surface area contributed by atoms with Crippen LogP contribution in [-0.4, -0.2) is 19.8 Å². The van der Waals surface area contributed by atoms with Crippen LogP contribution in [-0.2, 0) is 11.3 Å². The lowest BCUT2D eigenvalue weighted by Crippen LogP contribution is -2.28. The molecule has 17 heavy (non-hydrogen) atoms. The van der Waals surface area contributed by atoms with Gasteiger partial charge >= 0.3 is 0 Å². The molecule has 0 amide bonds. The van der Waals surface area contributed by atoms with E-state index in [9.17, 15) is 0 Å². The molecule has 0 aromatic heterocycles.